The molecule has 0 spiro atoms. The third-order valence-electron chi connectivity index (χ3n) is 4.10. The van der Waals surface area contributed by atoms with Crippen molar-refractivity contribution in [3.05, 3.63) is 35.4 Å². The number of unbranched alkanes of at least 4 members (excludes halogenated alkanes) is 1. The average molecular weight is 460 g/mol. The molecule has 0 aliphatic heterocycles. The van der Waals surface area contributed by atoms with Gasteiger partial charge in [-0.15, -0.1) is 24.0 Å². The lowest BCUT2D eigenvalue weighted by atomic mass is 9.99. The van der Waals surface area contributed by atoms with Crippen LogP contribution in [0.1, 0.15) is 62.4 Å². The van der Waals surface area contributed by atoms with E-state index in [0.717, 1.165) is 24.6 Å². The van der Waals surface area contributed by atoms with E-state index in [9.17, 15) is 4.79 Å². The van der Waals surface area contributed by atoms with E-state index in [1.807, 2.05) is 12.1 Å². The summed E-state index contributed by atoms with van der Waals surface area (Å²) in [5.41, 5.74) is 6.83. The number of halogens is 1. The lowest BCUT2D eigenvalue weighted by Crippen LogP contribution is -2.39. The van der Waals surface area contributed by atoms with E-state index < -0.39 is 5.91 Å². The van der Waals surface area contributed by atoms with Crippen molar-refractivity contribution in [1.82, 2.24) is 10.6 Å². The Morgan fingerprint density at radius 2 is 1.84 bits per heavy atom. The molecule has 0 saturated heterocycles. The van der Waals surface area contributed by atoms with Crippen LogP contribution in [0.3, 0.4) is 0 Å². The first-order valence-electron chi connectivity index (χ1n) is 9.01. The van der Waals surface area contributed by atoms with Crippen LogP contribution in [0.4, 0.5) is 0 Å². The summed E-state index contributed by atoms with van der Waals surface area (Å²) in [6, 6.07) is 7.27. The normalized spacial score (nSPS) is 12.2. The SMILES string of the molecule is CCCCC(CC)CNC(=NCc1ccc(C(N)=O)cc1)NCC.I. The van der Waals surface area contributed by atoms with Crippen LogP contribution in [-0.2, 0) is 6.54 Å². The molecule has 0 radical (unpaired) electrons. The predicted octanol–water partition coefficient (Wildman–Crippen LogP) is 3.68. The highest BCUT2D eigenvalue weighted by molar-refractivity contribution is 14.0. The summed E-state index contributed by atoms with van der Waals surface area (Å²) < 4.78 is 0. The fraction of sp³-hybridized carbons (Fsp3) is 0.579. The van der Waals surface area contributed by atoms with Gasteiger partial charge < -0.3 is 16.4 Å². The maximum atomic E-state index is 11.1. The molecule has 1 aromatic carbocycles. The highest BCUT2D eigenvalue weighted by Crippen LogP contribution is 2.11. The summed E-state index contributed by atoms with van der Waals surface area (Å²) >= 11 is 0. The van der Waals surface area contributed by atoms with Crippen LogP contribution in [0.5, 0.6) is 0 Å². The summed E-state index contributed by atoms with van der Waals surface area (Å²) in [6.07, 6.45) is 4.96. The molecule has 1 atom stereocenters. The number of aliphatic imine (C=N–C) groups is 1. The number of nitrogens with zero attached hydrogens (tertiary/aromatic N) is 1. The summed E-state index contributed by atoms with van der Waals surface area (Å²) in [7, 11) is 0. The van der Waals surface area contributed by atoms with Crippen molar-refractivity contribution in [3.63, 3.8) is 0 Å². The number of carbonyl (C=O) groups is 1. The van der Waals surface area contributed by atoms with Crippen molar-refractivity contribution >= 4 is 35.8 Å². The zero-order chi connectivity index (χ0) is 17.8. The van der Waals surface area contributed by atoms with E-state index in [4.69, 9.17) is 5.73 Å². The summed E-state index contributed by atoms with van der Waals surface area (Å²) in [5, 5.41) is 6.73. The topological polar surface area (TPSA) is 79.5 Å². The lowest BCUT2D eigenvalue weighted by molar-refractivity contribution is 0.100. The van der Waals surface area contributed by atoms with Gasteiger partial charge in [0, 0.05) is 18.7 Å². The monoisotopic (exact) mass is 460 g/mol. The second-order valence-electron chi connectivity index (χ2n) is 6.05. The maximum absolute atomic E-state index is 11.1. The first-order valence-corrected chi connectivity index (χ1v) is 9.01. The van der Waals surface area contributed by atoms with E-state index in [1.54, 1.807) is 12.1 Å². The highest BCUT2D eigenvalue weighted by Gasteiger charge is 2.07. The van der Waals surface area contributed by atoms with Gasteiger partial charge in [0.25, 0.3) is 0 Å². The van der Waals surface area contributed by atoms with Gasteiger partial charge in [0.1, 0.15) is 0 Å². The van der Waals surface area contributed by atoms with Gasteiger partial charge in [-0.3, -0.25) is 4.79 Å². The van der Waals surface area contributed by atoms with Crippen molar-refractivity contribution in [2.24, 2.45) is 16.6 Å². The molecule has 4 N–H and O–H groups in total. The third kappa shape index (κ3) is 9.67. The lowest BCUT2D eigenvalue weighted by Gasteiger charge is -2.18. The predicted molar refractivity (Wildman–Crippen MR) is 116 cm³/mol. The minimum atomic E-state index is -0.405. The third-order valence-corrected chi connectivity index (χ3v) is 4.10. The van der Waals surface area contributed by atoms with Crippen molar-refractivity contribution in [3.8, 4) is 0 Å². The molecule has 0 aliphatic carbocycles. The Balaban J connectivity index is 0.00000576. The highest BCUT2D eigenvalue weighted by atomic mass is 127. The van der Waals surface area contributed by atoms with Crippen LogP contribution >= 0.6 is 24.0 Å². The second kappa shape index (κ2) is 13.9. The molecule has 0 bridgehead atoms. The van der Waals surface area contributed by atoms with E-state index in [-0.39, 0.29) is 24.0 Å². The molecule has 1 rings (SSSR count). The van der Waals surface area contributed by atoms with Crippen LogP contribution in [0, 0.1) is 5.92 Å². The fourth-order valence-corrected chi connectivity index (χ4v) is 2.47. The van der Waals surface area contributed by atoms with Crippen molar-refractivity contribution in [1.29, 1.82) is 0 Å². The molecule has 0 fully saturated rings. The summed E-state index contributed by atoms with van der Waals surface area (Å²) in [5.74, 6) is 1.12. The number of nitrogens with one attached hydrogen (secondary N) is 2. The van der Waals surface area contributed by atoms with Gasteiger partial charge in [-0.05, 0) is 37.0 Å². The van der Waals surface area contributed by atoms with Gasteiger partial charge in [0.2, 0.25) is 5.91 Å². The molecule has 6 heteroatoms. The van der Waals surface area contributed by atoms with Crippen LogP contribution in [0.15, 0.2) is 29.3 Å². The van der Waals surface area contributed by atoms with Gasteiger partial charge in [-0.25, -0.2) is 4.99 Å². The first kappa shape index (κ1) is 23.7. The minimum Gasteiger partial charge on any atom is -0.366 e. The fourth-order valence-electron chi connectivity index (χ4n) is 2.47. The number of benzene rings is 1. The van der Waals surface area contributed by atoms with Gasteiger partial charge >= 0.3 is 0 Å². The van der Waals surface area contributed by atoms with Crippen LogP contribution in [0.25, 0.3) is 0 Å². The van der Waals surface area contributed by atoms with E-state index in [1.165, 1.54) is 25.7 Å². The molecule has 5 nitrogen and oxygen atoms in total. The zero-order valence-corrected chi connectivity index (χ0v) is 18.0. The Morgan fingerprint density at radius 3 is 2.36 bits per heavy atom. The molecule has 0 heterocycles. The molecule has 0 saturated carbocycles. The zero-order valence-electron chi connectivity index (χ0n) is 15.7. The molecule has 0 aliphatic rings. The Kier molecular flexibility index (Phi) is 13.2. The smallest absolute Gasteiger partial charge is 0.248 e. The van der Waals surface area contributed by atoms with Gasteiger partial charge in [0.05, 0.1) is 6.54 Å². The Labute approximate surface area is 169 Å². The molecule has 1 unspecified atom stereocenters. The van der Waals surface area contributed by atoms with Crippen molar-refractivity contribution < 1.29 is 4.79 Å². The quantitative estimate of drug-likeness (QED) is 0.283. The second-order valence-corrected chi connectivity index (χ2v) is 6.05. The van der Waals surface area contributed by atoms with Crippen LogP contribution in [-0.4, -0.2) is 25.0 Å². The number of rotatable bonds is 10. The van der Waals surface area contributed by atoms with E-state index in [0.29, 0.717) is 18.0 Å². The van der Waals surface area contributed by atoms with Gasteiger partial charge in [-0.2, -0.15) is 0 Å². The molecule has 25 heavy (non-hydrogen) atoms. The number of hydrogen-bond acceptors (Lipinski definition) is 2. The molecule has 142 valence electrons. The minimum absolute atomic E-state index is 0. The number of guanidine groups is 1. The Hall–Kier alpha value is -1.31. The number of nitrogens with two attached hydrogens (primary N) is 1. The van der Waals surface area contributed by atoms with Gasteiger partial charge in [-0.1, -0.05) is 45.2 Å². The number of amides is 1. The van der Waals surface area contributed by atoms with Crippen LogP contribution < -0.4 is 16.4 Å². The Bertz CT molecular complexity index is 517. The largest absolute Gasteiger partial charge is 0.366 e. The van der Waals surface area contributed by atoms with E-state index in [2.05, 4.69) is 36.4 Å². The van der Waals surface area contributed by atoms with E-state index >= 15 is 0 Å². The van der Waals surface area contributed by atoms with Crippen molar-refractivity contribution in [2.45, 2.75) is 53.0 Å². The number of hydrogen-bond donors (Lipinski definition) is 3. The first-order chi connectivity index (χ1) is 11.6. The van der Waals surface area contributed by atoms with Crippen LogP contribution in [0.2, 0.25) is 0 Å². The standard InChI is InChI=1S/C19H32N4O.HI/c1-4-7-8-15(5-2)13-22-19(21-6-3)23-14-16-9-11-17(12-10-16)18(20)24;/h9-12,15H,4-8,13-14H2,1-3H3,(H2,20,24)(H2,21,22,23);1H. The summed E-state index contributed by atoms with van der Waals surface area (Å²) in [6.45, 7) is 8.88. The molecular formula is C19H33IN4O. The number of carbonyl (C=O) groups excluding carboxylic acids is 1. The average Bonchev–Trinajstić information content (AvgIpc) is 2.60. The maximum Gasteiger partial charge on any atom is 0.248 e. The summed E-state index contributed by atoms with van der Waals surface area (Å²) in [4.78, 5) is 15.7. The molecule has 1 amide bonds. The molecular weight excluding hydrogens is 427 g/mol. The Morgan fingerprint density at radius 1 is 1.16 bits per heavy atom. The molecule has 0 aromatic heterocycles. The van der Waals surface area contributed by atoms with Crippen molar-refractivity contribution in [2.75, 3.05) is 13.1 Å². The van der Waals surface area contributed by atoms with Gasteiger partial charge in [0.15, 0.2) is 5.96 Å². The number of primary amides is 1. The molecule has 1 aromatic rings.